The van der Waals surface area contributed by atoms with E-state index in [0.717, 1.165) is 17.7 Å². The lowest BCUT2D eigenvalue weighted by Crippen LogP contribution is -2.39. The van der Waals surface area contributed by atoms with Crippen LogP contribution < -0.4 is 10.2 Å². The largest absolute Gasteiger partial charge is 0.449 e. The third-order valence-corrected chi connectivity index (χ3v) is 4.23. The number of carbonyl (C=O) groups is 3. The van der Waals surface area contributed by atoms with Gasteiger partial charge in [0.2, 0.25) is 5.91 Å². The first-order valence-corrected chi connectivity index (χ1v) is 8.43. The molecule has 0 saturated carbocycles. The van der Waals surface area contributed by atoms with Crippen LogP contribution in [-0.2, 0) is 20.7 Å². The number of hydrogen-bond donors (Lipinski definition) is 1. The normalized spacial score (nSPS) is 13.7. The Morgan fingerprint density at radius 1 is 1.08 bits per heavy atom. The molecule has 2 aromatic carbocycles. The van der Waals surface area contributed by atoms with E-state index in [9.17, 15) is 14.4 Å². The number of amides is 2. The summed E-state index contributed by atoms with van der Waals surface area (Å²) in [6.45, 7) is 3.57. The molecule has 0 saturated heterocycles. The minimum Gasteiger partial charge on any atom is -0.449 e. The molecule has 1 heterocycles. The summed E-state index contributed by atoms with van der Waals surface area (Å²) >= 11 is 0. The van der Waals surface area contributed by atoms with E-state index in [1.54, 1.807) is 36.1 Å². The number of esters is 1. The molecule has 1 unspecified atom stereocenters. The van der Waals surface area contributed by atoms with Crippen LogP contribution in [0.25, 0.3) is 0 Å². The third kappa shape index (κ3) is 3.74. The number of anilines is 2. The fourth-order valence-electron chi connectivity index (χ4n) is 2.96. The van der Waals surface area contributed by atoms with E-state index >= 15 is 0 Å². The van der Waals surface area contributed by atoms with Crippen molar-refractivity contribution in [2.45, 2.75) is 26.4 Å². The van der Waals surface area contributed by atoms with Gasteiger partial charge in [0.05, 0.1) is 5.56 Å². The van der Waals surface area contributed by atoms with E-state index in [1.807, 2.05) is 24.3 Å². The average Bonchev–Trinajstić information content (AvgIpc) is 3.05. The summed E-state index contributed by atoms with van der Waals surface area (Å²) in [7, 11) is 0. The molecule has 0 fully saturated rings. The van der Waals surface area contributed by atoms with Gasteiger partial charge in [0.15, 0.2) is 6.10 Å². The second-order valence-corrected chi connectivity index (χ2v) is 6.17. The molecule has 0 bridgehead atoms. The Morgan fingerprint density at radius 2 is 1.77 bits per heavy atom. The van der Waals surface area contributed by atoms with Gasteiger partial charge in [-0.3, -0.25) is 9.59 Å². The summed E-state index contributed by atoms with van der Waals surface area (Å²) in [5.74, 6) is -1.00. The SMILES string of the molecule is CC(=O)Nc1ccc(C(=O)OC(C)C(=O)N2CCc3ccccc32)cc1. The van der Waals surface area contributed by atoms with E-state index in [-0.39, 0.29) is 11.8 Å². The first kappa shape index (κ1) is 17.7. The molecular formula is C20H20N2O4. The lowest BCUT2D eigenvalue weighted by atomic mass is 10.2. The second-order valence-electron chi connectivity index (χ2n) is 6.17. The molecule has 0 spiro atoms. The Hall–Kier alpha value is -3.15. The molecule has 2 amide bonds. The summed E-state index contributed by atoms with van der Waals surface area (Å²) in [5, 5.41) is 2.62. The number of benzene rings is 2. The Labute approximate surface area is 151 Å². The Kier molecular flexibility index (Phi) is 5.02. The highest BCUT2D eigenvalue weighted by molar-refractivity contribution is 6.00. The van der Waals surface area contributed by atoms with Crippen molar-refractivity contribution in [1.82, 2.24) is 0 Å². The van der Waals surface area contributed by atoms with Gasteiger partial charge >= 0.3 is 5.97 Å². The van der Waals surface area contributed by atoms with Gasteiger partial charge < -0.3 is 15.0 Å². The van der Waals surface area contributed by atoms with E-state index in [4.69, 9.17) is 4.74 Å². The van der Waals surface area contributed by atoms with E-state index in [0.29, 0.717) is 17.8 Å². The highest BCUT2D eigenvalue weighted by atomic mass is 16.5. The second kappa shape index (κ2) is 7.39. The van der Waals surface area contributed by atoms with Crippen LogP contribution in [0.2, 0.25) is 0 Å². The molecule has 2 aromatic rings. The number of nitrogens with zero attached hydrogens (tertiary/aromatic N) is 1. The van der Waals surface area contributed by atoms with Crippen molar-refractivity contribution in [3.05, 3.63) is 59.7 Å². The molecule has 0 radical (unpaired) electrons. The van der Waals surface area contributed by atoms with Crippen molar-refractivity contribution < 1.29 is 19.1 Å². The van der Waals surface area contributed by atoms with Crippen LogP contribution in [0, 0.1) is 0 Å². The van der Waals surface area contributed by atoms with Crippen LogP contribution in [0.5, 0.6) is 0 Å². The number of rotatable bonds is 4. The third-order valence-electron chi connectivity index (χ3n) is 4.23. The smallest absolute Gasteiger partial charge is 0.338 e. The maximum absolute atomic E-state index is 12.7. The Bertz CT molecular complexity index is 845. The molecule has 134 valence electrons. The van der Waals surface area contributed by atoms with Gasteiger partial charge in [0.1, 0.15) is 0 Å². The van der Waals surface area contributed by atoms with Gasteiger partial charge in [-0.15, -0.1) is 0 Å². The van der Waals surface area contributed by atoms with E-state index in [2.05, 4.69) is 5.32 Å². The fraction of sp³-hybridized carbons (Fsp3) is 0.250. The van der Waals surface area contributed by atoms with Crippen LogP contribution in [-0.4, -0.2) is 30.4 Å². The van der Waals surface area contributed by atoms with Crippen LogP contribution in [0.15, 0.2) is 48.5 Å². The van der Waals surface area contributed by atoms with Gasteiger partial charge in [-0.2, -0.15) is 0 Å². The first-order chi connectivity index (χ1) is 12.5. The highest BCUT2D eigenvalue weighted by Crippen LogP contribution is 2.28. The predicted octanol–water partition coefficient (Wildman–Crippen LogP) is 2.78. The van der Waals surface area contributed by atoms with Gasteiger partial charge in [-0.05, 0) is 49.2 Å². The fourth-order valence-corrected chi connectivity index (χ4v) is 2.96. The van der Waals surface area contributed by atoms with Gasteiger partial charge in [-0.1, -0.05) is 18.2 Å². The molecule has 1 aliphatic rings. The zero-order valence-corrected chi connectivity index (χ0v) is 14.7. The topological polar surface area (TPSA) is 75.7 Å². The summed E-state index contributed by atoms with van der Waals surface area (Å²) in [4.78, 5) is 37.6. The zero-order valence-electron chi connectivity index (χ0n) is 14.7. The van der Waals surface area contributed by atoms with Crippen molar-refractivity contribution in [2.75, 3.05) is 16.8 Å². The van der Waals surface area contributed by atoms with Crippen molar-refractivity contribution >= 4 is 29.2 Å². The number of nitrogens with one attached hydrogen (secondary N) is 1. The molecule has 1 aliphatic heterocycles. The van der Waals surface area contributed by atoms with Crippen molar-refractivity contribution in [3.63, 3.8) is 0 Å². The lowest BCUT2D eigenvalue weighted by molar-refractivity contribution is -0.126. The molecule has 1 N–H and O–H groups in total. The zero-order chi connectivity index (χ0) is 18.7. The quantitative estimate of drug-likeness (QED) is 0.859. The van der Waals surface area contributed by atoms with Crippen molar-refractivity contribution in [2.24, 2.45) is 0 Å². The molecule has 6 heteroatoms. The number of para-hydroxylation sites is 1. The van der Waals surface area contributed by atoms with Crippen LogP contribution >= 0.6 is 0 Å². The minimum atomic E-state index is -0.885. The molecule has 3 rings (SSSR count). The van der Waals surface area contributed by atoms with E-state index < -0.39 is 12.1 Å². The standard InChI is InChI=1S/C20H20N2O4/c1-13(19(24)22-12-11-15-5-3-4-6-18(15)22)26-20(25)16-7-9-17(10-8-16)21-14(2)23/h3-10,13H,11-12H2,1-2H3,(H,21,23). The van der Waals surface area contributed by atoms with Crippen LogP contribution in [0.4, 0.5) is 11.4 Å². The van der Waals surface area contributed by atoms with Gasteiger partial charge in [0, 0.05) is 24.8 Å². The Balaban J connectivity index is 1.64. The number of carbonyl (C=O) groups excluding carboxylic acids is 3. The van der Waals surface area contributed by atoms with Gasteiger partial charge in [-0.25, -0.2) is 4.79 Å². The molecule has 26 heavy (non-hydrogen) atoms. The molecule has 6 nitrogen and oxygen atoms in total. The maximum Gasteiger partial charge on any atom is 0.338 e. The highest BCUT2D eigenvalue weighted by Gasteiger charge is 2.29. The first-order valence-electron chi connectivity index (χ1n) is 8.43. The summed E-state index contributed by atoms with van der Waals surface area (Å²) in [6, 6.07) is 14.1. The molecule has 0 aromatic heterocycles. The number of fused-ring (bicyclic) bond motifs is 1. The maximum atomic E-state index is 12.7. The number of hydrogen-bond acceptors (Lipinski definition) is 4. The lowest BCUT2D eigenvalue weighted by Gasteiger charge is -2.21. The summed E-state index contributed by atoms with van der Waals surface area (Å²) < 4.78 is 5.33. The average molecular weight is 352 g/mol. The monoisotopic (exact) mass is 352 g/mol. The summed E-state index contributed by atoms with van der Waals surface area (Å²) in [6.07, 6.45) is -0.0867. The minimum absolute atomic E-state index is 0.189. The molecule has 1 atom stereocenters. The predicted molar refractivity (Wildman–Crippen MR) is 98.1 cm³/mol. The van der Waals surface area contributed by atoms with Crippen LogP contribution in [0.1, 0.15) is 29.8 Å². The summed E-state index contributed by atoms with van der Waals surface area (Å²) in [5.41, 5.74) is 2.90. The Morgan fingerprint density at radius 3 is 2.46 bits per heavy atom. The van der Waals surface area contributed by atoms with Crippen molar-refractivity contribution in [3.8, 4) is 0 Å². The number of ether oxygens (including phenoxy) is 1. The van der Waals surface area contributed by atoms with Crippen molar-refractivity contribution in [1.29, 1.82) is 0 Å². The van der Waals surface area contributed by atoms with Gasteiger partial charge in [0.25, 0.3) is 5.91 Å². The molecular weight excluding hydrogens is 332 g/mol. The van der Waals surface area contributed by atoms with Crippen LogP contribution in [0.3, 0.4) is 0 Å². The van der Waals surface area contributed by atoms with E-state index in [1.165, 1.54) is 6.92 Å². The molecule has 0 aliphatic carbocycles.